The smallest absolute Gasteiger partial charge is 0.131 e. The Hall–Kier alpha value is -0.480. The Kier molecular flexibility index (Phi) is 7.34. The van der Waals surface area contributed by atoms with Crippen molar-refractivity contribution >= 4 is 11.3 Å². The van der Waals surface area contributed by atoms with Crippen LogP contribution in [0.1, 0.15) is 56.0 Å². The fraction of sp³-hybridized carbons (Fsp3) is 0.833. The summed E-state index contributed by atoms with van der Waals surface area (Å²) in [5.74, 6) is 0. The van der Waals surface area contributed by atoms with E-state index in [1.165, 1.54) is 37.1 Å². The highest BCUT2D eigenvalue weighted by molar-refractivity contribution is 7.11. The number of nitrogens with zero attached hydrogens (tertiary/aromatic N) is 2. The molecule has 1 rings (SSSR count). The minimum atomic E-state index is 0.875. The molecule has 0 aromatic carbocycles. The van der Waals surface area contributed by atoms with Crippen LogP contribution >= 0.6 is 11.3 Å². The van der Waals surface area contributed by atoms with Gasteiger partial charge in [-0.2, -0.15) is 0 Å². The second-order valence-corrected chi connectivity index (χ2v) is 5.22. The molecular formula is C12H23N3S. The molecule has 16 heavy (non-hydrogen) atoms. The molecule has 3 nitrogen and oxygen atoms in total. The van der Waals surface area contributed by atoms with E-state index in [2.05, 4.69) is 29.4 Å². The Labute approximate surface area is 103 Å². The molecule has 0 aliphatic rings. The number of hydrogen-bond donors (Lipinski definition) is 1. The van der Waals surface area contributed by atoms with Crippen molar-refractivity contribution < 1.29 is 0 Å². The molecule has 4 heteroatoms. The van der Waals surface area contributed by atoms with Gasteiger partial charge in [-0.05, 0) is 19.4 Å². The van der Waals surface area contributed by atoms with Crippen LogP contribution in [0.5, 0.6) is 0 Å². The molecule has 0 saturated carbocycles. The van der Waals surface area contributed by atoms with Gasteiger partial charge in [0.1, 0.15) is 10.0 Å². The van der Waals surface area contributed by atoms with Crippen LogP contribution in [0.25, 0.3) is 0 Å². The van der Waals surface area contributed by atoms with Crippen molar-refractivity contribution in [3.63, 3.8) is 0 Å². The molecule has 1 aromatic rings. The predicted molar refractivity (Wildman–Crippen MR) is 69.8 cm³/mol. The van der Waals surface area contributed by atoms with E-state index < -0.39 is 0 Å². The van der Waals surface area contributed by atoms with E-state index in [1.807, 2.05) is 0 Å². The summed E-state index contributed by atoms with van der Waals surface area (Å²) in [6, 6.07) is 0. The minimum absolute atomic E-state index is 0.875. The number of rotatable bonds is 9. The molecule has 0 aliphatic heterocycles. The number of unbranched alkanes of at least 4 members (excludes halogenated alkanes) is 3. The van der Waals surface area contributed by atoms with Gasteiger partial charge in [-0.3, -0.25) is 0 Å². The van der Waals surface area contributed by atoms with Crippen molar-refractivity contribution in [1.29, 1.82) is 0 Å². The number of aromatic nitrogens is 2. The van der Waals surface area contributed by atoms with Gasteiger partial charge in [0.05, 0.1) is 0 Å². The second kappa shape index (κ2) is 8.65. The van der Waals surface area contributed by atoms with Gasteiger partial charge in [0.2, 0.25) is 0 Å². The third-order valence-corrected chi connectivity index (χ3v) is 3.44. The fourth-order valence-electron chi connectivity index (χ4n) is 1.54. The SMILES string of the molecule is CCCCCCc1nnc(CNCCC)s1. The minimum Gasteiger partial charge on any atom is -0.310 e. The van der Waals surface area contributed by atoms with Crippen molar-refractivity contribution in [3.05, 3.63) is 10.0 Å². The van der Waals surface area contributed by atoms with Crippen LogP contribution in [-0.2, 0) is 13.0 Å². The monoisotopic (exact) mass is 241 g/mol. The molecular weight excluding hydrogens is 218 g/mol. The first kappa shape index (κ1) is 13.6. The second-order valence-electron chi connectivity index (χ2n) is 4.08. The largest absolute Gasteiger partial charge is 0.310 e. The van der Waals surface area contributed by atoms with Crippen molar-refractivity contribution in [2.75, 3.05) is 6.54 Å². The van der Waals surface area contributed by atoms with E-state index in [-0.39, 0.29) is 0 Å². The molecule has 0 fully saturated rings. The lowest BCUT2D eigenvalue weighted by Crippen LogP contribution is -2.13. The number of aryl methyl sites for hydroxylation is 1. The van der Waals surface area contributed by atoms with Crippen LogP contribution < -0.4 is 5.32 Å². The zero-order valence-corrected chi connectivity index (χ0v) is 11.3. The van der Waals surface area contributed by atoms with Gasteiger partial charge in [0.25, 0.3) is 0 Å². The first-order chi connectivity index (χ1) is 7.86. The van der Waals surface area contributed by atoms with Crippen LogP contribution in [0.2, 0.25) is 0 Å². The third-order valence-electron chi connectivity index (χ3n) is 2.46. The maximum atomic E-state index is 4.22. The maximum Gasteiger partial charge on any atom is 0.131 e. The van der Waals surface area contributed by atoms with Gasteiger partial charge in [-0.15, -0.1) is 21.5 Å². The van der Waals surface area contributed by atoms with E-state index in [1.54, 1.807) is 11.3 Å². The van der Waals surface area contributed by atoms with E-state index in [0.717, 1.165) is 24.5 Å². The average Bonchev–Trinajstić information content (AvgIpc) is 2.73. The fourth-order valence-corrected chi connectivity index (χ4v) is 2.39. The molecule has 0 radical (unpaired) electrons. The summed E-state index contributed by atoms with van der Waals surface area (Å²) < 4.78 is 0. The zero-order valence-electron chi connectivity index (χ0n) is 10.5. The highest BCUT2D eigenvalue weighted by atomic mass is 32.1. The van der Waals surface area contributed by atoms with Gasteiger partial charge in [0, 0.05) is 13.0 Å². The van der Waals surface area contributed by atoms with Gasteiger partial charge >= 0.3 is 0 Å². The lowest BCUT2D eigenvalue weighted by molar-refractivity contribution is 0.658. The van der Waals surface area contributed by atoms with Gasteiger partial charge in [0.15, 0.2) is 0 Å². The summed E-state index contributed by atoms with van der Waals surface area (Å²) in [6.07, 6.45) is 7.48. The Morgan fingerprint density at radius 3 is 2.56 bits per heavy atom. The Balaban J connectivity index is 2.17. The molecule has 1 aromatic heterocycles. The Bertz CT molecular complexity index is 273. The standard InChI is InChI=1S/C12H23N3S/c1-3-5-6-7-8-11-14-15-12(16-11)10-13-9-4-2/h13H,3-10H2,1-2H3. The number of nitrogens with one attached hydrogen (secondary N) is 1. The molecule has 0 spiro atoms. The topological polar surface area (TPSA) is 37.8 Å². The van der Waals surface area contributed by atoms with Crippen molar-refractivity contribution in [2.45, 2.75) is 58.9 Å². The third kappa shape index (κ3) is 5.56. The van der Waals surface area contributed by atoms with E-state index in [4.69, 9.17) is 0 Å². The first-order valence-electron chi connectivity index (χ1n) is 6.38. The molecule has 0 atom stereocenters. The van der Waals surface area contributed by atoms with Crippen LogP contribution in [0, 0.1) is 0 Å². The van der Waals surface area contributed by atoms with Crippen LogP contribution in [-0.4, -0.2) is 16.7 Å². The molecule has 0 saturated heterocycles. The van der Waals surface area contributed by atoms with E-state index in [9.17, 15) is 0 Å². The maximum absolute atomic E-state index is 4.22. The number of hydrogen-bond acceptors (Lipinski definition) is 4. The van der Waals surface area contributed by atoms with Crippen LogP contribution in [0.15, 0.2) is 0 Å². The molecule has 92 valence electrons. The van der Waals surface area contributed by atoms with Gasteiger partial charge in [-0.1, -0.05) is 33.1 Å². The summed E-state index contributed by atoms with van der Waals surface area (Å²) in [5, 5.41) is 14.1. The van der Waals surface area contributed by atoms with E-state index in [0.29, 0.717) is 0 Å². The summed E-state index contributed by atoms with van der Waals surface area (Å²) >= 11 is 1.76. The van der Waals surface area contributed by atoms with Crippen molar-refractivity contribution in [1.82, 2.24) is 15.5 Å². The zero-order chi connectivity index (χ0) is 11.6. The quantitative estimate of drug-likeness (QED) is 0.675. The van der Waals surface area contributed by atoms with Crippen LogP contribution in [0.3, 0.4) is 0 Å². The molecule has 0 bridgehead atoms. The summed E-state index contributed by atoms with van der Waals surface area (Å²) in [6.45, 7) is 6.35. The van der Waals surface area contributed by atoms with Gasteiger partial charge < -0.3 is 5.32 Å². The summed E-state index contributed by atoms with van der Waals surface area (Å²) in [5.41, 5.74) is 0. The van der Waals surface area contributed by atoms with E-state index >= 15 is 0 Å². The Morgan fingerprint density at radius 1 is 1.00 bits per heavy atom. The van der Waals surface area contributed by atoms with Crippen LogP contribution in [0.4, 0.5) is 0 Å². The summed E-state index contributed by atoms with van der Waals surface area (Å²) in [7, 11) is 0. The normalized spacial score (nSPS) is 10.9. The first-order valence-corrected chi connectivity index (χ1v) is 7.20. The lowest BCUT2D eigenvalue weighted by atomic mass is 10.2. The molecule has 0 unspecified atom stereocenters. The summed E-state index contributed by atoms with van der Waals surface area (Å²) in [4.78, 5) is 0. The van der Waals surface area contributed by atoms with Crippen molar-refractivity contribution in [2.24, 2.45) is 0 Å². The highest BCUT2D eigenvalue weighted by Gasteiger charge is 2.03. The average molecular weight is 241 g/mol. The lowest BCUT2D eigenvalue weighted by Gasteiger charge is -1.97. The highest BCUT2D eigenvalue weighted by Crippen LogP contribution is 2.13. The van der Waals surface area contributed by atoms with Gasteiger partial charge in [-0.25, -0.2) is 0 Å². The Morgan fingerprint density at radius 2 is 1.81 bits per heavy atom. The van der Waals surface area contributed by atoms with Crippen molar-refractivity contribution in [3.8, 4) is 0 Å². The molecule has 0 amide bonds. The molecule has 1 N–H and O–H groups in total. The molecule has 1 heterocycles. The predicted octanol–water partition coefficient (Wildman–Crippen LogP) is 3.16. The molecule has 0 aliphatic carbocycles.